The van der Waals surface area contributed by atoms with Crippen LogP contribution in [0, 0.1) is 5.82 Å². The Balaban J connectivity index is 1.74. The van der Waals surface area contributed by atoms with Crippen molar-refractivity contribution in [2.24, 2.45) is 0 Å². The molecule has 0 radical (unpaired) electrons. The van der Waals surface area contributed by atoms with E-state index in [1.807, 2.05) is 61.5 Å². The van der Waals surface area contributed by atoms with Crippen molar-refractivity contribution >= 4 is 22.9 Å². The van der Waals surface area contributed by atoms with Crippen LogP contribution in [0.25, 0.3) is 10.9 Å². The zero-order valence-corrected chi connectivity index (χ0v) is 19.7. The Hall–Kier alpha value is -4.13. The molecule has 4 rings (SSSR count). The number of hydrogen-bond acceptors (Lipinski definition) is 2. The van der Waals surface area contributed by atoms with Crippen molar-refractivity contribution in [3.05, 3.63) is 108 Å². The number of carbonyl (C=O) groups is 2. The predicted octanol–water partition coefficient (Wildman–Crippen LogP) is 5.67. The van der Waals surface area contributed by atoms with Gasteiger partial charge in [-0.3, -0.25) is 9.69 Å². The van der Waals surface area contributed by atoms with Crippen LogP contribution in [-0.2, 0) is 17.8 Å². The zero-order valence-electron chi connectivity index (χ0n) is 19.7. The van der Waals surface area contributed by atoms with Crippen LogP contribution in [0.5, 0.6) is 0 Å². The Labute approximate surface area is 203 Å². The van der Waals surface area contributed by atoms with E-state index in [1.165, 1.54) is 12.1 Å². The molecule has 0 aliphatic rings. The SMILES string of the molecule is CC(NC(=O)C(C)(Cc1c[nH]c2ccccc12)N(Cc1ccccc1F)C(=O)O)c1ccccc1. The van der Waals surface area contributed by atoms with Gasteiger partial charge in [-0.25, -0.2) is 9.18 Å². The van der Waals surface area contributed by atoms with E-state index in [0.29, 0.717) is 0 Å². The molecular weight excluding hydrogens is 445 g/mol. The average molecular weight is 474 g/mol. The molecule has 0 saturated carbocycles. The van der Waals surface area contributed by atoms with Gasteiger partial charge in [-0.05, 0) is 37.1 Å². The molecule has 4 aromatic rings. The van der Waals surface area contributed by atoms with Gasteiger partial charge in [0.1, 0.15) is 11.4 Å². The number of amides is 2. The second kappa shape index (κ2) is 10.0. The molecule has 3 aromatic carbocycles. The first-order valence-electron chi connectivity index (χ1n) is 11.4. The van der Waals surface area contributed by atoms with Crippen molar-refractivity contribution < 1.29 is 19.1 Å². The van der Waals surface area contributed by atoms with Gasteiger partial charge in [-0.1, -0.05) is 66.7 Å². The molecule has 2 unspecified atom stereocenters. The van der Waals surface area contributed by atoms with Gasteiger partial charge in [0, 0.05) is 29.1 Å². The number of aromatic nitrogens is 1. The van der Waals surface area contributed by atoms with Crippen molar-refractivity contribution in [3.63, 3.8) is 0 Å². The summed E-state index contributed by atoms with van der Waals surface area (Å²) in [6.07, 6.45) is 0.587. The first-order chi connectivity index (χ1) is 16.8. The highest BCUT2D eigenvalue weighted by Gasteiger charge is 2.44. The van der Waals surface area contributed by atoms with Crippen LogP contribution >= 0.6 is 0 Å². The number of fused-ring (bicyclic) bond motifs is 1. The lowest BCUT2D eigenvalue weighted by Crippen LogP contribution is -2.60. The third-order valence-corrected chi connectivity index (χ3v) is 6.46. The molecule has 2 atom stereocenters. The quantitative estimate of drug-likeness (QED) is 0.308. The van der Waals surface area contributed by atoms with Crippen molar-refractivity contribution in [2.45, 2.75) is 38.4 Å². The number of benzene rings is 3. The highest BCUT2D eigenvalue weighted by Crippen LogP contribution is 2.29. The molecule has 1 heterocycles. The lowest BCUT2D eigenvalue weighted by atomic mass is 9.88. The molecular formula is C28H28FN3O3. The summed E-state index contributed by atoms with van der Waals surface area (Å²) in [5, 5.41) is 14.1. The van der Waals surface area contributed by atoms with Gasteiger partial charge in [-0.15, -0.1) is 0 Å². The smallest absolute Gasteiger partial charge is 0.408 e. The van der Waals surface area contributed by atoms with Gasteiger partial charge in [0.2, 0.25) is 5.91 Å². The Bertz CT molecular complexity index is 1340. The third-order valence-electron chi connectivity index (χ3n) is 6.46. The number of rotatable bonds is 8. The molecule has 0 aliphatic carbocycles. The van der Waals surface area contributed by atoms with Crippen molar-refractivity contribution in [2.75, 3.05) is 0 Å². The fraction of sp³-hybridized carbons (Fsp3) is 0.214. The highest BCUT2D eigenvalue weighted by atomic mass is 19.1. The lowest BCUT2D eigenvalue weighted by Gasteiger charge is -2.39. The molecule has 0 saturated heterocycles. The van der Waals surface area contributed by atoms with Gasteiger partial charge < -0.3 is 15.4 Å². The fourth-order valence-corrected chi connectivity index (χ4v) is 4.37. The lowest BCUT2D eigenvalue weighted by molar-refractivity contribution is -0.132. The normalized spacial score (nSPS) is 13.7. The zero-order chi connectivity index (χ0) is 25.0. The van der Waals surface area contributed by atoms with Crippen LogP contribution in [0.3, 0.4) is 0 Å². The van der Waals surface area contributed by atoms with Crippen LogP contribution in [0.1, 0.15) is 36.6 Å². The standard InChI is InChI=1S/C28H28FN3O3/c1-19(20-10-4-3-5-11-20)31-26(33)28(2,16-22-17-30-25-15-9-7-13-23(22)25)32(27(34)35)18-21-12-6-8-14-24(21)29/h3-15,17,19,30H,16,18H2,1-2H3,(H,31,33)(H,34,35). The number of carbonyl (C=O) groups excluding carboxylic acids is 1. The average Bonchev–Trinajstić information content (AvgIpc) is 3.26. The van der Waals surface area contributed by atoms with E-state index in [-0.39, 0.29) is 24.6 Å². The molecule has 3 N–H and O–H groups in total. The van der Waals surface area contributed by atoms with E-state index < -0.39 is 23.4 Å². The number of hydrogen-bond donors (Lipinski definition) is 3. The Morgan fingerprint density at radius 3 is 2.37 bits per heavy atom. The molecule has 0 fully saturated rings. The third kappa shape index (κ3) is 5.04. The number of aromatic amines is 1. The number of halogens is 1. The minimum Gasteiger partial charge on any atom is -0.465 e. The monoisotopic (exact) mass is 473 g/mol. The number of carboxylic acid groups (broad SMARTS) is 1. The van der Waals surface area contributed by atoms with E-state index in [1.54, 1.807) is 25.3 Å². The number of nitrogens with one attached hydrogen (secondary N) is 2. The largest absolute Gasteiger partial charge is 0.465 e. The maximum absolute atomic E-state index is 14.5. The summed E-state index contributed by atoms with van der Waals surface area (Å²) < 4.78 is 14.5. The fourth-order valence-electron chi connectivity index (χ4n) is 4.37. The van der Waals surface area contributed by atoms with Crippen molar-refractivity contribution in [1.29, 1.82) is 0 Å². The second-order valence-electron chi connectivity index (χ2n) is 8.88. The number of H-pyrrole nitrogens is 1. The minimum absolute atomic E-state index is 0.102. The highest BCUT2D eigenvalue weighted by molar-refractivity contribution is 5.91. The van der Waals surface area contributed by atoms with Crippen molar-refractivity contribution in [3.8, 4) is 0 Å². The Kier molecular flexibility index (Phi) is 6.87. The molecule has 7 heteroatoms. The molecule has 0 spiro atoms. The maximum atomic E-state index is 14.5. The van der Waals surface area contributed by atoms with E-state index in [9.17, 15) is 19.1 Å². The Morgan fingerprint density at radius 2 is 1.66 bits per heavy atom. The molecule has 0 bridgehead atoms. The molecule has 2 amide bonds. The summed E-state index contributed by atoms with van der Waals surface area (Å²) >= 11 is 0. The van der Waals surface area contributed by atoms with Crippen LogP contribution in [0.15, 0.2) is 85.1 Å². The first kappa shape index (κ1) is 24.0. The summed E-state index contributed by atoms with van der Waals surface area (Å²) in [6.45, 7) is 3.17. The molecule has 180 valence electrons. The van der Waals surface area contributed by atoms with Gasteiger partial charge in [0.15, 0.2) is 0 Å². The Morgan fingerprint density at radius 1 is 1.00 bits per heavy atom. The van der Waals surface area contributed by atoms with Crippen LogP contribution in [-0.4, -0.2) is 32.5 Å². The van der Waals surface area contributed by atoms with E-state index in [2.05, 4.69) is 10.3 Å². The molecule has 0 aliphatic heterocycles. The molecule has 6 nitrogen and oxygen atoms in total. The summed E-state index contributed by atoms with van der Waals surface area (Å²) in [5.74, 6) is -0.982. The van der Waals surface area contributed by atoms with Crippen LogP contribution in [0.2, 0.25) is 0 Å². The first-order valence-corrected chi connectivity index (χ1v) is 11.4. The van der Waals surface area contributed by atoms with E-state index >= 15 is 0 Å². The summed E-state index contributed by atoms with van der Waals surface area (Å²) in [5.41, 5.74) is 1.25. The summed E-state index contributed by atoms with van der Waals surface area (Å²) in [6, 6.07) is 22.7. The number of para-hydroxylation sites is 1. The summed E-state index contributed by atoms with van der Waals surface area (Å²) in [7, 11) is 0. The van der Waals surface area contributed by atoms with Gasteiger partial charge in [0.05, 0.1) is 12.6 Å². The predicted molar refractivity (Wildman–Crippen MR) is 133 cm³/mol. The summed E-state index contributed by atoms with van der Waals surface area (Å²) in [4.78, 5) is 30.6. The second-order valence-corrected chi connectivity index (χ2v) is 8.88. The van der Waals surface area contributed by atoms with Crippen LogP contribution < -0.4 is 5.32 Å². The topological polar surface area (TPSA) is 85.4 Å². The van der Waals surface area contributed by atoms with Gasteiger partial charge >= 0.3 is 6.09 Å². The van der Waals surface area contributed by atoms with E-state index in [4.69, 9.17) is 0 Å². The van der Waals surface area contributed by atoms with Gasteiger partial charge in [-0.2, -0.15) is 0 Å². The minimum atomic E-state index is -1.53. The van der Waals surface area contributed by atoms with Crippen LogP contribution in [0.4, 0.5) is 9.18 Å². The van der Waals surface area contributed by atoms with E-state index in [0.717, 1.165) is 26.9 Å². The number of nitrogens with zero attached hydrogens (tertiary/aromatic N) is 1. The van der Waals surface area contributed by atoms with Crippen molar-refractivity contribution in [1.82, 2.24) is 15.2 Å². The molecule has 35 heavy (non-hydrogen) atoms. The maximum Gasteiger partial charge on any atom is 0.408 e. The molecule has 1 aromatic heterocycles. The van der Waals surface area contributed by atoms with Gasteiger partial charge in [0.25, 0.3) is 0 Å².